The molecule has 0 spiro atoms. The third kappa shape index (κ3) is 7.97. The molecule has 0 bridgehead atoms. The van der Waals surface area contributed by atoms with Gasteiger partial charge in [0.2, 0.25) is 5.91 Å². The lowest BCUT2D eigenvalue weighted by atomic mass is 9.79. The van der Waals surface area contributed by atoms with Crippen LogP contribution in [0.25, 0.3) is 0 Å². The van der Waals surface area contributed by atoms with E-state index in [-0.39, 0.29) is 29.8 Å². The van der Waals surface area contributed by atoms with E-state index in [0.29, 0.717) is 12.1 Å². The number of esters is 1. The molecule has 1 unspecified atom stereocenters. The summed E-state index contributed by atoms with van der Waals surface area (Å²) in [6.07, 6.45) is 0.835. The monoisotopic (exact) mass is 283 g/mol. The molecule has 0 aromatic carbocycles. The number of carbonyl (C=O) groups is 2. The average molecular weight is 283 g/mol. The third-order valence-electron chi connectivity index (χ3n) is 2.96. The van der Waals surface area contributed by atoms with Crippen LogP contribution in [0.1, 0.15) is 48.0 Å². The summed E-state index contributed by atoms with van der Waals surface area (Å²) >= 11 is 0. The van der Waals surface area contributed by atoms with Gasteiger partial charge in [0.1, 0.15) is 6.61 Å². The van der Waals surface area contributed by atoms with Crippen molar-refractivity contribution in [2.75, 3.05) is 13.2 Å². The zero-order valence-electron chi connectivity index (χ0n) is 13.7. The molecule has 4 heteroatoms. The van der Waals surface area contributed by atoms with Crippen LogP contribution >= 0.6 is 0 Å². The smallest absolute Gasteiger partial charge is 0.333 e. The van der Waals surface area contributed by atoms with Gasteiger partial charge in [0, 0.05) is 11.5 Å². The topological polar surface area (TPSA) is 55.4 Å². The predicted octanol–water partition coefficient (Wildman–Crippen LogP) is 2.93. The maximum absolute atomic E-state index is 12.2. The van der Waals surface area contributed by atoms with Crippen molar-refractivity contribution in [2.24, 2.45) is 17.3 Å². The van der Waals surface area contributed by atoms with Gasteiger partial charge in [-0.3, -0.25) is 4.79 Å². The fraction of sp³-hybridized carbons (Fsp3) is 0.750. The number of carbonyl (C=O) groups excluding carboxylic acids is 2. The molecule has 0 aromatic rings. The lowest BCUT2D eigenvalue weighted by molar-refractivity contribution is -0.139. The van der Waals surface area contributed by atoms with E-state index >= 15 is 0 Å². The van der Waals surface area contributed by atoms with Gasteiger partial charge < -0.3 is 10.1 Å². The molecule has 0 saturated heterocycles. The molecule has 0 aromatic heterocycles. The Morgan fingerprint density at radius 1 is 1.25 bits per heavy atom. The zero-order valence-corrected chi connectivity index (χ0v) is 13.7. The summed E-state index contributed by atoms with van der Waals surface area (Å²) in [5, 5.41) is 2.84. The third-order valence-corrected chi connectivity index (χ3v) is 2.96. The first-order valence-corrected chi connectivity index (χ1v) is 7.15. The highest BCUT2D eigenvalue weighted by molar-refractivity contribution is 5.87. The Hall–Kier alpha value is -1.32. The van der Waals surface area contributed by atoms with Crippen LogP contribution in [0.3, 0.4) is 0 Å². The molecule has 0 aliphatic heterocycles. The van der Waals surface area contributed by atoms with Crippen LogP contribution in [-0.2, 0) is 14.3 Å². The minimum Gasteiger partial charge on any atom is -0.460 e. The van der Waals surface area contributed by atoms with Crippen molar-refractivity contribution in [1.29, 1.82) is 0 Å². The summed E-state index contributed by atoms with van der Waals surface area (Å²) in [5.41, 5.74) is 0.475. The van der Waals surface area contributed by atoms with Crippen LogP contribution in [0.5, 0.6) is 0 Å². The van der Waals surface area contributed by atoms with Gasteiger partial charge in [-0.25, -0.2) is 4.79 Å². The summed E-state index contributed by atoms with van der Waals surface area (Å²) < 4.78 is 4.94. The van der Waals surface area contributed by atoms with Crippen LogP contribution in [0, 0.1) is 17.3 Å². The highest BCUT2D eigenvalue weighted by atomic mass is 16.5. The van der Waals surface area contributed by atoms with Crippen LogP contribution in [0.2, 0.25) is 0 Å². The van der Waals surface area contributed by atoms with E-state index in [1.807, 2.05) is 0 Å². The molecule has 1 atom stereocenters. The molecule has 1 amide bonds. The van der Waals surface area contributed by atoms with E-state index < -0.39 is 5.97 Å². The first kappa shape index (κ1) is 18.7. The Morgan fingerprint density at radius 3 is 2.20 bits per heavy atom. The largest absolute Gasteiger partial charge is 0.460 e. The lowest BCUT2D eigenvalue weighted by Crippen LogP contribution is -2.37. The maximum atomic E-state index is 12.2. The molecule has 4 nitrogen and oxygen atoms in total. The molecule has 0 rings (SSSR count). The van der Waals surface area contributed by atoms with Crippen molar-refractivity contribution in [3.63, 3.8) is 0 Å². The van der Waals surface area contributed by atoms with E-state index in [0.717, 1.165) is 6.42 Å². The van der Waals surface area contributed by atoms with Crippen molar-refractivity contribution >= 4 is 11.9 Å². The van der Waals surface area contributed by atoms with Gasteiger partial charge in [-0.2, -0.15) is 0 Å². The summed E-state index contributed by atoms with van der Waals surface area (Å²) in [5.74, 6) is -0.130. The standard InChI is InChI=1S/C16H29NO3/c1-11(2)13(10-16(5,6)7)14(18)17-8-9-20-15(19)12(3)4/h11,13H,3,8-10H2,1-2,4-7H3,(H,17,18). The second-order valence-electron chi connectivity index (χ2n) is 6.82. The molecular weight excluding hydrogens is 254 g/mol. The second kappa shape index (κ2) is 8.08. The fourth-order valence-corrected chi connectivity index (χ4v) is 1.86. The van der Waals surface area contributed by atoms with E-state index in [4.69, 9.17) is 4.74 Å². The molecular formula is C16H29NO3. The normalized spacial score (nSPS) is 12.9. The number of hydrogen-bond acceptors (Lipinski definition) is 3. The number of hydrogen-bond donors (Lipinski definition) is 1. The van der Waals surface area contributed by atoms with Gasteiger partial charge in [0.05, 0.1) is 6.54 Å². The first-order chi connectivity index (χ1) is 9.04. The molecule has 0 aliphatic carbocycles. The lowest BCUT2D eigenvalue weighted by Gasteiger charge is -2.27. The molecule has 0 saturated carbocycles. The minimum absolute atomic E-state index is 0.0214. The molecule has 0 aliphatic rings. The van der Waals surface area contributed by atoms with Crippen molar-refractivity contribution < 1.29 is 14.3 Å². The van der Waals surface area contributed by atoms with Gasteiger partial charge in [0.15, 0.2) is 0 Å². The highest BCUT2D eigenvalue weighted by Gasteiger charge is 2.27. The van der Waals surface area contributed by atoms with Crippen molar-refractivity contribution in [1.82, 2.24) is 5.32 Å². The van der Waals surface area contributed by atoms with Crippen LogP contribution < -0.4 is 5.32 Å². The van der Waals surface area contributed by atoms with Crippen molar-refractivity contribution in [2.45, 2.75) is 48.0 Å². The maximum Gasteiger partial charge on any atom is 0.333 e. The number of amides is 1. The fourth-order valence-electron chi connectivity index (χ4n) is 1.86. The van der Waals surface area contributed by atoms with Gasteiger partial charge in [-0.1, -0.05) is 41.2 Å². The summed E-state index contributed by atoms with van der Waals surface area (Å²) in [6, 6.07) is 0. The van der Waals surface area contributed by atoms with Crippen LogP contribution in [0.15, 0.2) is 12.2 Å². The van der Waals surface area contributed by atoms with Gasteiger partial charge in [-0.05, 0) is 24.7 Å². The summed E-state index contributed by atoms with van der Waals surface area (Å²) in [4.78, 5) is 23.4. The Bertz CT molecular complexity index is 353. The van der Waals surface area contributed by atoms with Crippen LogP contribution in [0.4, 0.5) is 0 Å². The van der Waals surface area contributed by atoms with E-state index in [9.17, 15) is 9.59 Å². The quantitative estimate of drug-likeness (QED) is 0.444. The molecule has 0 heterocycles. The minimum atomic E-state index is -0.422. The second-order valence-corrected chi connectivity index (χ2v) is 6.82. The molecule has 116 valence electrons. The zero-order chi connectivity index (χ0) is 15.9. The van der Waals surface area contributed by atoms with Crippen molar-refractivity contribution in [3.05, 3.63) is 12.2 Å². The van der Waals surface area contributed by atoms with Crippen LogP contribution in [-0.4, -0.2) is 25.0 Å². The molecule has 1 N–H and O–H groups in total. The van der Waals surface area contributed by atoms with Gasteiger partial charge in [-0.15, -0.1) is 0 Å². The summed E-state index contributed by atoms with van der Waals surface area (Å²) in [7, 11) is 0. The Morgan fingerprint density at radius 2 is 1.80 bits per heavy atom. The van der Waals surface area contributed by atoms with E-state index in [2.05, 4.69) is 46.5 Å². The Labute approximate surface area is 123 Å². The highest BCUT2D eigenvalue weighted by Crippen LogP contribution is 2.28. The van der Waals surface area contributed by atoms with Crippen molar-refractivity contribution in [3.8, 4) is 0 Å². The average Bonchev–Trinajstić information content (AvgIpc) is 2.29. The number of nitrogens with one attached hydrogen (secondary N) is 1. The number of ether oxygens (including phenoxy) is 1. The Kier molecular flexibility index (Phi) is 7.54. The first-order valence-electron chi connectivity index (χ1n) is 7.15. The summed E-state index contributed by atoms with van der Waals surface area (Å²) in [6.45, 7) is 16.1. The molecule has 0 radical (unpaired) electrons. The predicted molar refractivity (Wildman–Crippen MR) is 81.2 cm³/mol. The Balaban J connectivity index is 4.22. The van der Waals surface area contributed by atoms with Gasteiger partial charge >= 0.3 is 5.97 Å². The van der Waals surface area contributed by atoms with Gasteiger partial charge in [0.25, 0.3) is 0 Å². The van der Waals surface area contributed by atoms with E-state index in [1.165, 1.54) is 0 Å². The molecule has 20 heavy (non-hydrogen) atoms. The molecule has 0 fully saturated rings. The number of rotatable bonds is 7. The van der Waals surface area contributed by atoms with E-state index in [1.54, 1.807) is 6.92 Å². The SMILES string of the molecule is C=C(C)C(=O)OCCNC(=O)C(CC(C)(C)C)C(C)C.